The average Bonchev–Trinajstić information content (AvgIpc) is 3.00. The molecule has 0 heterocycles. The molecule has 0 aliphatic heterocycles. The minimum absolute atomic E-state index is 0.563. The molecule has 0 aromatic heterocycles. The number of benzene rings is 1. The molecule has 0 heteroatoms. The molecule has 0 unspecified atom stereocenters. The van der Waals surface area contributed by atoms with Crippen LogP contribution in [0.15, 0.2) is 24.8 Å². The summed E-state index contributed by atoms with van der Waals surface area (Å²) >= 11 is 0. The Morgan fingerprint density at radius 2 is 2.07 bits per heavy atom. The molecule has 1 aromatic carbocycles. The van der Waals surface area contributed by atoms with Crippen LogP contribution in [0.3, 0.4) is 0 Å². The Bertz CT molecular complexity index is 343. The summed E-state index contributed by atoms with van der Waals surface area (Å²) in [5.41, 5.74) is 4.04. The van der Waals surface area contributed by atoms with Crippen molar-refractivity contribution >= 4 is 0 Å². The summed E-state index contributed by atoms with van der Waals surface area (Å²) in [6.07, 6.45) is 5.77. The third-order valence-corrected chi connectivity index (χ3v) is 2.94. The Labute approximate surface area is 86.7 Å². The van der Waals surface area contributed by atoms with Crippen molar-refractivity contribution in [3.8, 4) is 0 Å². The standard InChI is InChI=1S/C14H17/c1-4-11-9-13(12-5-6-12)7-8-14(11)10(2)3/h7-10,12H,1,5-6H2,2-3H3. The second-order valence-corrected chi connectivity index (χ2v) is 4.45. The van der Waals surface area contributed by atoms with Gasteiger partial charge in [-0.05, 0) is 47.4 Å². The minimum atomic E-state index is 0.563. The molecular weight excluding hydrogens is 168 g/mol. The van der Waals surface area contributed by atoms with Gasteiger partial charge in [-0.1, -0.05) is 38.6 Å². The van der Waals surface area contributed by atoms with Crippen LogP contribution in [0.4, 0.5) is 0 Å². The van der Waals surface area contributed by atoms with E-state index in [1.807, 2.05) is 0 Å². The first-order valence-corrected chi connectivity index (χ1v) is 5.39. The maximum absolute atomic E-state index is 3.77. The van der Waals surface area contributed by atoms with E-state index >= 15 is 0 Å². The fourth-order valence-corrected chi connectivity index (χ4v) is 1.90. The third kappa shape index (κ3) is 1.75. The Morgan fingerprint density at radius 1 is 1.36 bits per heavy atom. The van der Waals surface area contributed by atoms with E-state index in [-0.39, 0.29) is 0 Å². The van der Waals surface area contributed by atoms with E-state index in [0.29, 0.717) is 5.92 Å². The smallest absolute Gasteiger partial charge is 0.0146 e. The highest BCUT2D eigenvalue weighted by atomic mass is 14.3. The number of hydrogen-bond donors (Lipinski definition) is 0. The molecule has 73 valence electrons. The lowest BCUT2D eigenvalue weighted by molar-refractivity contribution is 0.858. The first kappa shape index (κ1) is 9.51. The zero-order valence-corrected chi connectivity index (χ0v) is 9.01. The zero-order valence-electron chi connectivity index (χ0n) is 9.01. The van der Waals surface area contributed by atoms with Gasteiger partial charge in [-0.15, -0.1) is 0 Å². The van der Waals surface area contributed by atoms with Crippen LogP contribution >= 0.6 is 0 Å². The Hall–Kier alpha value is -1.04. The molecule has 1 aromatic rings. The highest BCUT2D eigenvalue weighted by molar-refractivity contribution is 5.40. The van der Waals surface area contributed by atoms with Crippen molar-refractivity contribution in [2.24, 2.45) is 0 Å². The lowest BCUT2D eigenvalue weighted by Crippen LogP contribution is -1.94. The molecule has 0 nitrogen and oxygen atoms in total. The highest BCUT2D eigenvalue weighted by Gasteiger charge is 2.23. The number of hydrogen-bond acceptors (Lipinski definition) is 0. The fraction of sp³-hybridized carbons (Fsp3) is 0.429. The molecule has 14 heavy (non-hydrogen) atoms. The zero-order chi connectivity index (χ0) is 10.1. The van der Waals surface area contributed by atoms with Crippen molar-refractivity contribution in [2.75, 3.05) is 0 Å². The molecule has 0 saturated heterocycles. The SMILES string of the molecule is C=[C]c1cc(C2CC2)ccc1C(C)C. The summed E-state index contributed by atoms with van der Waals surface area (Å²) in [7, 11) is 0. The molecule has 0 spiro atoms. The van der Waals surface area contributed by atoms with Crippen LogP contribution in [0.5, 0.6) is 0 Å². The molecule has 1 aliphatic rings. The summed E-state index contributed by atoms with van der Waals surface area (Å²) in [5, 5.41) is 0. The van der Waals surface area contributed by atoms with Gasteiger partial charge in [0.1, 0.15) is 0 Å². The molecule has 1 radical (unpaired) electrons. The Kier molecular flexibility index (Phi) is 2.45. The lowest BCUT2D eigenvalue weighted by atomic mass is 9.94. The molecule has 1 fully saturated rings. The fourth-order valence-electron chi connectivity index (χ4n) is 1.90. The minimum Gasteiger partial charge on any atom is -0.0905 e. The lowest BCUT2D eigenvalue weighted by Gasteiger charge is -2.11. The summed E-state index contributed by atoms with van der Waals surface area (Å²) < 4.78 is 0. The van der Waals surface area contributed by atoms with E-state index < -0.39 is 0 Å². The predicted octanol–water partition coefficient (Wildman–Crippen LogP) is 4.02. The average molecular weight is 185 g/mol. The molecule has 0 amide bonds. The predicted molar refractivity (Wildman–Crippen MR) is 60.5 cm³/mol. The van der Waals surface area contributed by atoms with E-state index in [2.05, 4.69) is 44.7 Å². The summed E-state index contributed by atoms with van der Waals surface area (Å²) in [6.45, 7) is 8.20. The van der Waals surface area contributed by atoms with Gasteiger partial charge in [-0.25, -0.2) is 0 Å². The molecule has 0 atom stereocenters. The van der Waals surface area contributed by atoms with E-state index in [4.69, 9.17) is 0 Å². The quantitative estimate of drug-likeness (QED) is 0.667. The maximum atomic E-state index is 3.77. The van der Waals surface area contributed by atoms with Gasteiger partial charge in [0.25, 0.3) is 0 Å². The topological polar surface area (TPSA) is 0 Å². The van der Waals surface area contributed by atoms with Crippen LogP contribution in [0.2, 0.25) is 0 Å². The largest absolute Gasteiger partial charge is 0.0905 e. The van der Waals surface area contributed by atoms with E-state index in [1.165, 1.54) is 29.5 Å². The monoisotopic (exact) mass is 185 g/mol. The molecule has 0 N–H and O–H groups in total. The van der Waals surface area contributed by atoms with Crippen LogP contribution in [0.1, 0.15) is 55.2 Å². The molecule has 1 aliphatic carbocycles. The molecule has 2 rings (SSSR count). The van der Waals surface area contributed by atoms with Gasteiger partial charge in [-0.3, -0.25) is 0 Å². The van der Waals surface area contributed by atoms with Crippen LogP contribution in [0.25, 0.3) is 0 Å². The molecular formula is C14H17. The van der Waals surface area contributed by atoms with E-state index in [0.717, 1.165) is 5.92 Å². The van der Waals surface area contributed by atoms with Gasteiger partial charge in [-0.2, -0.15) is 0 Å². The first-order chi connectivity index (χ1) is 6.72. The van der Waals surface area contributed by atoms with Crippen LogP contribution in [0, 0.1) is 6.08 Å². The van der Waals surface area contributed by atoms with Gasteiger partial charge in [0.2, 0.25) is 0 Å². The van der Waals surface area contributed by atoms with Gasteiger partial charge in [0, 0.05) is 0 Å². The van der Waals surface area contributed by atoms with Gasteiger partial charge in [0.15, 0.2) is 0 Å². The Balaban J connectivity index is 2.38. The molecule has 0 bridgehead atoms. The number of rotatable bonds is 3. The first-order valence-electron chi connectivity index (χ1n) is 5.39. The summed E-state index contributed by atoms with van der Waals surface area (Å²) in [4.78, 5) is 0. The Morgan fingerprint density at radius 3 is 2.57 bits per heavy atom. The third-order valence-electron chi connectivity index (χ3n) is 2.94. The van der Waals surface area contributed by atoms with Crippen molar-refractivity contribution in [3.63, 3.8) is 0 Å². The van der Waals surface area contributed by atoms with Gasteiger partial charge >= 0.3 is 0 Å². The van der Waals surface area contributed by atoms with Crippen molar-refractivity contribution in [1.29, 1.82) is 0 Å². The molecule has 1 saturated carbocycles. The maximum Gasteiger partial charge on any atom is -0.0146 e. The second-order valence-electron chi connectivity index (χ2n) is 4.45. The van der Waals surface area contributed by atoms with Gasteiger partial charge in [0.05, 0.1) is 0 Å². The normalized spacial score (nSPS) is 15.9. The van der Waals surface area contributed by atoms with Crippen molar-refractivity contribution in [1.82, 2.24) is 0 Å². The summed E-state index contributed by atoms with van der Waals surface area (Å²) in [6, 6.07) is 6.78. The highest BCUT2D eigenvalue weighted by Crippen LogP contribution is 2.41. The van der Waals surface area contributed by atoms with Crippen molar-refractivity contribution < 1.29 is 0 Å². The van der Waals surface area contributed by atoms with Crippen LogP contribution < -0.4 is 0 Å². The van der Waals surface area contributed by atoms with Crippen molar-refractivity contribution in [3.05, 3.63) is 47.5 Å². The van der Waals surface area contributed by atoms with E-state index in [9.17, 15) is 0 Å². The van der Waals surface area contributed by atoms with Gasteiger partial charge < -0.3 is 0 Å². The van der Waals surface area contributed by atoms with Crippen LogP contribution in [-0.2, 0) is 0 Å². The van der Waals surface area contributed by atoms with E-state index in [1.54, 1.807) is 0 Å². The summed E-state index contributed by atoms with van der Waals surface area (Å²) in [5.74, 6) is 1.39. The second kappa shape index (κ2) is 3.61. The van der Waals surface area contributed by atoms with Crippen LogP contribution in [-0.4, -0.2) is 0 Å². The van der Waals surface area contributed by atoms with Crippen molar-refractivity contribution in [2.45, 2.75) is 38.5 Å².